The van der Waals surface area contributed by atoms with Gasteiger partial charge in [0.05, 0.1) is 0 Å². The van der Waals surface area contributed by atoms with Crippen LogP contribution in [0.4, 0.5) is 11.6 Å². The Kier molecular flexibility index (Phi) is 3.48. The highest BCUT2D eigenvalue weighted by atomic mass is 32.2. The Bertz CT molecular complexity index is 489. The molecule has 0 aliphatic carbocycles. The molecule has 0 saturated carbocycles. The van der Waals surface area contributed by atoms with Gasteiger partial charge in [-0.1, -0.05) is 11.8 Å². The predicted octanol–water partition coefficient (Wildman–Crippen LogP) is 0.709. The monoisotopic (exact) mass is 250 g/mol. The van der Waals surface area contributed by atoms with Crippen LogP contribution in [0.3, 0.4) is 0 Å². The Morgan fingerprint density at radius 3 is 2.59 bits per heavy atom. The van der Waals surface area contributed by atoms with Crippen molar-refractivity contribution >= 4 is 23.4 Å². The lowest BCUT2D eigenvalue weighted by Gasteiger charge is -2.03. The summed E-state index contributed by atoms with van der Waals surface area (Å²) in [6.07, 6.45) is 4.57. The molecule has 2 aromatic rings. The minimum absolute atomic E-state index is 0.400. The molecule has 0 bridgehead atoms. The normalized spacial score (nSPS) is 10.6. The number of anilines is 2. The molecule has 4 N–H and O–H groups in total. The summed E-state index contributed by atoms with van der Waals surface area (Å²) in [5.41, 5.74) is 11.2. The van der Waals surface area contributed by atoms with Crippen LogP contribution in [-0.4, -0.2) is 25.3 Å². The molecule has 2 rings (SSSR count). The van der Waals surface area contributed by atoms with Crippen molar-refractivity contribution in [3.8, 4) is 0 Å². The molecule has 0 spiro atoms. The van der Waals surface area contributed by atoms with Gasteiger partial charge in [-0.2, -0.15) is 0 Å². The van der Waals surface area contributed by atoms with Gasteiger partial charge in [-0.15, -0.1) is 0 Å². The van der Waals surface area contributed by atoms with Gasteiger partial charge in [0, 0.05) is 37.7 Å². The molecule has 2 heterocycles. The highest BCUT2D eigenvalue weighted by Crippen LogP contribution is 2.17. The lowest BCUT2D eigenvalue weighted by atomic mass is 10.4. The Morgan fingerprint density at radius 1 is 1.29 bits per heavy atom. The third-order valence-electron chi connectivity index (χ3n) is 2.22. The molecule has 6 nitrogen and oxygen atoms in total. The molecule has 0 radical (unpaired) electrons. The lowest BCUT2D eigenvalue weighted by Crippen LogP contribution is -2.02. The van der Waals surface area contributed by atoms with Gasteiger partial charge in [0.15, 0.2) is 5.16 Å². The molecule has 0 fully saturated rings. The molecular formula is C10H14N6S. The highest BCUT2D eigenvalue weighted by Gasteiger charge is 2.03. The zero-order chi connectivity index (χ0) is 12.3. The van der Waals surface area contributed by atoms with E-state index in [0.29, 0.717) is 16.8 Å². The number of aromatic nitrogens is 4. The van der Waals surface area contributed by atoms with Gasteiger partial charge >= 0.3 is 0 Å². The first-order valence-electron chi connectivity index (χ1n) is 5.14. The quantitative estimate of drug-likeness (QED) is 0.613. The lowest BCUT2D eigenvalue weighted by molar-refractivity contribution is 0.810. The number of nitrogen functional groups attached to an aromatic ring is 2. The summed E-state index contributed by atoms with van der Waals surface area (Å²) in [6.45, 7) is 0. The summed E-state index contributed by atoms with van der Waals surface area (Å²) >= 11 is 1.52. The molecule has 0 aliphatic heterocycles. The summed E-state index contributed by atoms with van der Waals surface area (Å²) in [5.74, 6) is 2.68. The Morgan fingerprint density at radius 2 is 2.00 bits per heavy atom. The van der Waals surface area contributed by atoms with Crippen molar-refractivity contribution in [1.82, 2.24) is 19.5 Å². The number of nitrogens with two attached hydrogens (primary N) is 2. The van der Waals surface area contributed by atoms with Gasteiger partial charge < -0.3 is 16.0 Å². The number of aryl methyl sites for hydroxylation is 2. The van der Waals surface area contributed by atoms with Crippen LogP contribution >= 0.6 is 11.8 Å². The van der Waals surface area contributed by atoms with Crippen molar-refractivity contribution in [3.63, 3.8) is 0 Å². The number of nitrogens with zero attached hydrogens (tertiary/aromatic N) is 4. The minimum atomic E-state index is 0.400. The Hall–Kier alpha value is -1.76. The topological polar surface area (TPSA) is 95.6 Å². The van der Waals surface area contributed by atoms with Gasteiger partial charge in [-0.05, 0) is 0 Å². The minimum Gasteiger partial charge on any atom is -0.383 e. The molecule has 0 atom stereocenters. The largest absolute Gasteiger partial charge is 0.383 e. The predicted molar refractivity (Wildman–Crippen MR) is 68.5 cm³/mol. The van der Waals surface area contributed by atoms with Gasteiger partial charge in [0.1, 0.15) is 17.5 Å². The van der Waals surface area contributed by atoms with E-state index in [9.17, 15) is 0 Å². The first kappa shape index (κ1) is 11.7. The second kappa shape index (κ2) is 5.05. The zero-order valence-electron chi connectivity index (χ0n) is 9.50. The Balaban J connectivity index is 1.92. The van der Waals surface area contributed by atoms with Crippen LogP contribution in [0.2, 0.25) is 0 Å². The molecule has 0 unspecified atom stereocenters. The maximum Gasteiger partial charge on any atom is 0.191 e. The SMILES string of the molecule is Cn1ccnc1CCSc1nc(N)cc(N)n1. The van der Waals surface area contributed by atoms with Crippen molar-refractivity contribution < 1.29 is 0 Å². The smallest absolute Gasteiger partial charge is 0.191 e. The summed E-state index contributed by atoms with van der Waals surface area (Å²) < 4.78 is 2.00. The zero-order valence-corrected chi connectivity index (χ0v) is 10.3. The van der Waals surface area contributed by atoms with Crippen molar-refractivity contribution in [2.45, 2.75) is 11.6 Å². The molecule has 2 aromatic heterocycles. The van der Waals surface area contributed by atoms with Crippen molar-refractivity contribution in [3.05, 3.63) is 24.3 Å². The van der Waals surface area contributed by atoms with Crippen molar-refractivity contribution in [2.75, 3.05) is 17.2 Å². The molecule has 7 heteroatoms. The first-order valence-corrected chi connectivity index (χ1v) is 6.13. The van der Waals surface area contributed by atoms with E-state index in [2.05, 4.69) is 15.0 Å². The number of thioether (sulfide) groups is 1. The number of imidazole rings is 1. The van der Waals surface area contributed by atoms with E-state index in [1.54, 1.807) is 12.3 Å². The van der Waals surface area contributed by atoms with E-state index < -0.39 is 0 Å². The van der Waals surface area contributed by atoms with Crippen molar-refractivity contribution in [1.29, 1.82) is 0 Å². The second-order valence-electron chi connectivity index (χ2n) is 3.55. The average molecular weight is 250 g/mol. The molecule has 0 aliphatic rings. The van der Waals surface area contributed by atoms with Gasteiger partial charge in [-0.25, -0.2) is 15.0 Å². The maximum atomic E-state index is 5.59. The number of rotatable bonds is 4. The van der Waals surface area contributed by atoms with E-state index in [4.69, 9.17) is 11.5 Å². The number of hydrogen-bond donors (Lipinski definition) is 2. The standard InChI is InChI=1S/C10H14N6S/c1-16-4-3-13-9(16)2-5-17-10-14-7(11)6-8(12)15-10/h3-4,6H,2,5H2,1H3,(H4,11,12,14,15). The fourth-order valence-electron chi connectivity index (χ4n) is 1.40. The molecule has 17 heavy (non-hydrogen) atoms. The van der Waals surface area contributed by atoms with Crippen LogP contribution < -0.4 is 11.5 Å². The van der Waals surface area contributed by atoms with Crippen LogP contribution in [0.15, 0.2) is 23.6 Å². The van der Waals surface area contributed by atoms with E-state index in [1.807, 2.05) is 17.8 Å². The third kappa shape index (κ3) is 3.10. The van der Waals surface area contributed by atoms with E-state index >= 15 is 0 Å². The molecule has 90 valence electrons. The Labute approximate surface area is 103 Å². The van der Waals surface area contributed by atoms with Gasteiger partial charge in [0.2, 0.25) is 0 Å². The molecule has 0 aromatic carbocycles. The van der Waals surface area contributed by atoms with Gasteiger partial charge in [-0.3, -0.25) is 0 Å². The molecule has 0 saturated heterocycles. The summed E-state index contributed by atoms with van der Waals surface area (Å²) in [7, 11) is 1.97. The van der Waals surface area contributed by atoms with Crippen LogP contribution in [0.25, 0.3) is 0 Å². The van der Waals surface area contributed by atoms with Gasteiger partial charge in [0.25, 0.3) is 0 Å². The maximum absolute atomic E-state index is 5.59. The fraction of sp³-hybridized carbons (Fsp3) is 0.300. The third-order valence-corrected chi connectivity index (χ3v) is 3.07. The van der Waals surface area contributed by atoms with Crippen molar-refractivity contribution in [2.24, 2.45) is 7.05 Å². The van der Waals surface area contributed by atoms with E-state index in [-0.39, 0.29) is 0 Å². The first-order chi connectivity index (χ1) is 8.15. The van der Waals surface area contributed by atoms with Crippen LogP contribution in [0, 0.1) is 0 Å². The fourth-order valence-corrected chi connectivity index (χ4v) is 2.20. The number of hydrogen-bond acceptors (Lipinski definition) is 6. The summed E-state index contributed by atoms with van der Waals surface area (Å²) in [5, 5.41) is 0.608. The second-order valence-corrected chi connectivity index (χ2v) is 4.62. The molecule has 0 amide bonds. The molecular weight excluding hydrogens is 236 g/mol. The summed E-state index contributed by atoms with van der Waals surface area (Å²) in [6, 6.07) is 1.54. The van der Waals surface area contributed by atoms with Crippen LogP contribution in [0.1, 0.15) is 5.82 Å². The average Bonchev–Trinajstić information content (AvgIpc) is 2.63. The van der Waals surface area contributed by atoms with Crippen LogP contribution in [-0.2, 0) is 13.5 Å². The summed E-state index contributed by atoms with van der Waals surface area (Å²) in [4.78, 5) is 12.4. The van der Waals surface area contributed by atoms with Crippen LogP contribution in [0.5, 0.6) is 0 Å². The highest BCUT2D eigenvalue weighted by molar-refractivity contribution is 7.99. The van der Waals surface area contributed by atoms with E-state index in [0.717, 1.165) is 18.0 Å². The van der Waals surface area contributed by atoms with E-state index in [1.165, 1.54) is 11.8 Å².